The van der Waals surface area contributed by atoms with E-state index in [0.29, 0.717) is 36.2 Å². The van der Waals surface area contributed by atoms with Gasteiger partial charge in [-0.25, -0.2) is 9.98 Å². The number of rotatable bonds is 7. The summed E-state index contributed by atoms with van der Waals surface area (Å²) in [5.41, 5.74) is 4.24. The zero-order chi connectivity index (χ0) is 19.2. The van der Waals surface area contributed by atoms with Gasteiger partial charge in [-0.15, -0.1) is 35.3 Å². The summed E-state index contributed by atoms with van der Waals surface area (Å²) < 4.78 is 42.8. The predicted octanol–water partition coefficient (Wildman–Crippen LogP) is 2.77. The Morgan fingerprint density at radius 2 is 2.11 bits per heavy atom. The molecule has 0 aliphatic carbocycles. The molecule has 0 aliphatic heterocycles. The van der Waals surface area contributed by atoms with Gasteiger partial charge in [0.25, 0.3) is 5.91 Å². The highest BCUT2D eigenvalue weighted by Gasteiger charge is 2.33. The molecule has 0 bridgehead atoms. The van der Waals surface area contributed by atoms with Gasteiger partial charge in [0.1, 0.15) is 12.3 Å². The summed E-state index contributed by atoms with van der Waals surface area (Å²) in [4.78, 5) is 18.8. The number of guanidine groups is 1. The molecular formula is C15H19F3IN5O2S. The number of aromatic nitrogens is 1. The lowest BCUT2D eigenvalue weighted by molar-refractivity contribution is -0.140. The van der Waals surface area contributed by atoms with Crippen molar-refractivity contribution < 1.29 is 22.4 Å². The van der Waals surface area contributed by atoms with Crippen molar-refractivity contribution in [1.82, 2.24) is 15.6 Å². The Bertz CT molecular complexity index is 776. The van der Waals surface area contributed by atoms with Crippen LogP contribution in [0.4, 0.5) is 13.2 Å². The van der Waals surface area contributed by atoms with E-state index >= 15 is 0 Å². The molecule has 2 rings (SSSR count). The first-order valence-electron chi connectivity index (χ1n) is 7.72. The van der Waals surface area contributed by atoms with E-state index in [0.717, 1.165) is 16.7 Å². The van der Waals surface area contributed by atoms with Crippen LogP contribution >= 0.6 is 35.3 Å². The third-order valence-electron chi connectivity index (χ3n) is 3.12. The van der Waals surface area contributed by atoms with Crippen LogP contribution in [0.25, 0.3) is 0 Å². The molecule has 0 saturated carbocycles. The average Bonchev–Trinajstić information content (AvgIpc) is 3.21. The lowest BCUT2D eigenvalue weighted by Gasteiger charge is -2.10. The molecular weight excluding hydrogens is 498 g/mol. The Morgan fingerprint density at radius 1 is 1.37 bits per heavy atom. The minimum absolute atomic E-state index is 0. The Kier molecular flexibility index (Phi) is 9.02. The van der Waals surface area contributed by atoms with Gasteiger partial charge < -0.3 is 20.8 Å². The first-order chi connectivity index (χ1) is 12.3. The second-order valence-corrected chi connectivity index (χ2v) is 6.07. The molecule has 1 amide bonds. The number of hydrogen-bond acceptors (Lipinski definition) is 5. The van der Waals surface area contributed by atoms with Crippen LogP contribution in [0.2, 0.25) is 0 Å². The summed E-state index contributed by atoms with van der Waals surface area (Å²) in [5.74, 6) is 0.326. The minimum atomic E-state index is -4.43. The molecule has 0 aromatic carbocycles. The van der Waals surface area contributed by atoms with E-state index < -0.39 is 17.8 Å². The highest BCUT2D eigenvalue weighted by atomic mass is 127. The number of nitrogens with zero attached hydrogens (tertiary/aromatic N) is 2. The van der Waals surface area contributed by atoms with Gasteiger partial charge >= 0.3 is 6.18 Å². The van der Waals surface area contributed by atoms with Crippen LogP contribution in [-0.4, -0.2) is 29.9 Å². The number of thiazole rings is 1. The number of alkyl halides is 3. The highest BCUT2D eigenvalue weighted by Crippen LogP contribution is 2.29. The lowest BCUT2D eigenvalue weighted by Crippen LogP contribution is -2.38. The van der Waals surface area contributed by atoms with Crippen LogP contribution in [0.5, 0.6) is 0 Å². The van der Waals surface area contributed by atoms with Crippen LogP contribution in [0.1, 0.15) is 33.9 Å². The summed E-state index contributed by atoms with van der Waals surface area (Å²) in [6.07, 6.45) is -4.09. The molecule has 0 atom stereocenters. The number of carbonyl (C=O) groups excluding carboxylic acids is 1. The lowest BCUT2D eigenvalue weighted by atomic mass is 10.4. The van der Waals surface area contributed by atoms with Gasteiger partial charge in [0.2, 0.25) is 0 Å². The first kappa shape index (κ1) is 23.2. The number of aliphatic imine (C=N–C) groups is 1. The van der Waals surface area contributed by atoms with Crippen molar-refractivity contribution in [2.75, 3.05) is 13.1 Å². The number of halogens is 4. The molecule has 0 saturated heterocycles. The summed E-state index contributed by atoms with van der Waals surface area (Å²) in [6, 6.07) is 3.07. The molecule has 2 aromatic heterocycles. The smallest absolute Gasteiger partial charge is 0.434 e. The SMILES string of the molecule is CCNC(=NCc1ccc(C(N)=O)o1)NCCc1nc(C(F)(F)F)cs1.I. The topological polar surface area (TPSA) is 106 Å². The molecule has 27 heavy (non-hydrogen) atoms. The zero-order valence-electron chi connectivity index (χ0n) is 14.3. The summed E-state index contributed by atoms with van der Waals surface area (Å²) in [5, 5.41) is 7.40. The molecule has 4 N–H and O–H groups in total. The Balaban J connectivity index is 0.00000364. The molecule has 7 nitrogen and oxygen atoms in total. The zero-order valence-corrected chi connectivity index (χ0v) is 17.4. The van der Waals surface area contributed by atoms with E-state index in [1.165, 1.54) is 6.07 Å². The molecule has 0 unspecified atom stereocenters. The maximum atomic E-state index is 12.5. The summed E-state index contributed by atoms with van der Waals surface area (Å²) in [7, 11) is 0. The van der Waals surface area contributed by atoms with Crippen LogP contribution in [0.15, 0.2) is 26.9 Å². The second-order valence-electron chi connectivity index (χ2n) is 5.13. The van der Waals surface area contributed by atoms with E-state index in [2.05, 4.69) is 20.6 Å². The number of hydrogen-bond donors (Lipinski definition) is 3. The monoisotopic (exact) mass is 517 g/mol. The number of furan rings is 1. The van der Waals surface area contributed by atoms with Gasteiger partial charge in [-0.05, 0) is 19.1 Å². The quantitative estimate of drug-likeness (QED) is 0.298. The van der Waals surface area contributed by atoms with Gasteiger partial charge in [-0.3, -0.25) is 4.79 Å². The molecule has 0 radical (unpaired) electrons. The van der Waals surface area contributed by atoms with Crippen molar-refractivity contribution in [3.05, 3.63) is 39.7 Å². The van der Waals surface area contributed by atoms with E-state index in [4.69, 9.17) is 10.2 Å². The van der Waals surface area contributed by atoms with Gasteiger partial charge in [-0.1, -0.05) is 0 Å². The van der Waals surface area contributed by atoms with Gasteiger partial charge in [0.15, 0.2) is 17.4 Å². The van der Waals surface area contributed by atoms with E-state index in [1.54, 1.807) is 6.07 Å². The van der Waals surface area contributed by atoms with Crippen molar-refractivity contribution >= 4 is 47.2 Å². The van der Waals surface area contributed by atoms with Crippen LogP contribution in [0, 0.1) is 0 Å². The molecule has 2 aromatic rings. The Morgan fingerprint density at radius 3 is 2.67 bits per heavy atom. The average molecular weight is 517 g/mol. The van der Waals surface area contributed by atoms with Crippen molar-refractivity contribution in [2.45, 2.75) is 26.1 Å². The number of nitrogens with two attached hydrogens (primary N) is 1. The number of nitrogens with one attached hydrogen (secondary N) is 2. The van der Waals surface area contributed by atoms with Crippen molar-refractivity contribution in [1.29, 1.82) is 0 Å². The van der Waals surface area contributed by atoms with Gasteiger partial charge in [0.05, 0.1) is 5.01 Å². The maximum Gasteiger partial charge on any atom is 0.434 e. The van der Waals surface area contributed by atoms with Crippen molar-refractivity contribution in [2.24, 2.45) is 10.7 Å². The minimum Gasteiger partial charge on any atom is -0.454 e. The molecule has 0 spiro atoms. The van der Waals surface area contributed by atoms with Crippen LogP contribution in [0.3, 0.4) is 0 Å². The summed E-state index contributed by atoms with van der Waals surface area (Å²) in [6.45, 7) is 3.02. The first-order valence-corrected chi connectivity index (χ1v) is 8.60. The third-order valence-corrected chi connectivity index (χ3v) is 4.02. The Hall–Kier alpha value is -1.83. The third kappa shape index (κ3) is 7.36. The maximum absolute atomic E-state index is 12.5. The van der Waals surface area contributed by atoms with Gasteiger partial charge in [0, 0.05) is 24.9 Å². The fourth-order valence-corrected chi connectivity index (χ4v) is 2.74. The molecule has 2 heterocycles. The van der Waals surface area contributed by atoms with E-state index in [-0.39, 0.29) is 36.3 Å². The predicted molar refractivity (Wildman–Crippen MR) is 106 cm³/mol. The fraction of sp³-hybridized carbons (Fsp3) is 0.400. The molecule has 150 valence electrons. The molecule has 12 heteroatoms. The highest BCUT2D eigenvalue weighted by molar-refractivity contribution is 14.0. The van der Waals surface area contributed by atoms with Crippen LogP contribution in [-0.2, 0) is 19.1 Å². The number of amides is 1. The second kappa shape index (κ2) is 10.5. The summed E-state index contributed by atoms with van der Waals surface area (Å²) >= 11 is 0.967. The van der Waals surface area contributed by atoms with Crippen molar-refractivity contribution in [3.8, 4) is 0 Å². The van der Waals surface area contributed by atoms with E-state index in [9.17, 15) is 18.0 Å². The molecule has 0 fully saturated rings. The Labute approximate surface area is 174 Å². The van der Waals surface area contributed by atoms with Gasteiger partial charge in [-0.2, -0.15) is 13.2 Å². The largest absolute Gasteiger partial charge is 0.454 e. The standard InChI is InChI=1S/C15H18F3N5O2S.HI/c1-2-20-14(22-7-9-3-4-10(25-9)13(19)24)21-6-5-12-23-11(8-26-12)15(16,17)18;/h3-4,8H,2,5-7H2,1H3,(H2,19,24)(H2,20,21,22);1H. The normalized spacial score (nSPS) is 11.8. The fourth-order valence-electron chi connectivity index (χ4n) is 1.94. The van der Waals surface area contributed by atoms with Crippen LogP contribution < -0.4 is 16.4 Å². The number of primary amides is 1. The van der Waals surface area contributed by atoms with Crippen molar-refractivity contribution in [3.63, 3.8) is 0 Å². The number of carbonyl (C=O) groups is 1. The van der Waals surface area contributed by atoms with E-state index in [1.807, 2.05) is 6.92 Å². The molecule has 0 aliphatic rings.